The van der Waals surface area contributed by atoms with Crippen LogP contribution < -0.4 is 5.73 Å². The number of benzene rings is 1. The monoisotopic (exact) mass is 227 g/mol. The molecule has 86 valence electrons. The van der Waals surface area contributed by atoms with Crippen molar-refractivity contribution < 1.29 is 4.79 Å². The van der Waals surface area contributed by atoms with Gasteiger partial charge in [0.1, 0.15) is 0 Å². The highest BCUT2D eigenvalue weighted by Gasteiger charge is 2.16. The number of aromatic nitrogens is 2. The van der Waals surface area contributed by atoms with Gasteiger partial charge in [-0.3, -0.25) is 4.79 Å². The molecule has 0 bridgehead atoms. The van der Waals surface area contributed by atoms with Gasteiger partial charge >= 0.3 is 0 Å². The Kier molecular flexibility index (Phi) is 3.45. The lowest BCUT2D eigenvalue weighted by Crippen LogP contribution is -2.16. The predicted molar refractivity (Wildman–Crippen MR) is 64.1 cm³/mol. The van der Waals surface area contributed by atoms with Crippen LogP contribution in [-0.2, 0) is 4.79 Å². The summed E-state index contributed by atoms with van der Waals surface area (Å²) in [6.45, 7) is 0. The molecule has 1 aromatic carbocycles. The average molecular weight is 227 g/mol. The molecule has 0 saturated carbocycles. The molecule has 1 unspecified atom stereocenters. The Bertz CT molecular complexity index is 445. The van der Waals surface area contributed by atoms with Crippen LogP contribution in [-0.4, -0.2) is 16.1 Å². The zero-order chi connectivity index (χ0) is 12.1. The van der Waals surface area contributed by atoms with E-state index < -0.39 is 0 Å². The molecule has 1 amide bonds. The van der Waals surface area contributed by atoms with Gasteiger partial charge < -0.3 is 5.73 Å². The van der Waals surface area contributed by atoms with Crippen molar-refractivity contribution in [1.29, 1.82) is 0 Å². The molecule has 2 rings (SSSR count). The number of carbonyl (C=O) groups is 1. The van der Waals surface area contributed by atoms with E-state index in [1.165, 1.54) is 0 Å². The molecular formula is C13H13N3O. The molecule has 0 spiro atoms. The fourth-order valence-corrected chi connectivity index (χ4v) is 1.82. The smallest absolute Gasteiger partial charge is 0.218 e. The van der Waals surface area contributed by atoms with Crippen molar-refractivity contribution in [2.75, 3.05) is 0 Å². The summed E-state index contributed by atoms with van der Waals surface area (Å²) in [5.74, 6) is -0.375. The second-order valence-corrected chi connectivity index (χ2v) is 3.81. The third-order valence-electron chi connectivity index (χ3n) is 2.62. The third-order valence-corrected chi connectivity index (χ3v) is 2.62. The van der Waals surface area contributed by atoms with E-state index in [0.717, 1.165) is 11.1 Å². The second kappa shape index (κ2) is 5.21. The Labute approximate surface area is 99.5 Å². The van der Waals surface area contributed by atoms with E-state index in [0.29, 0.717) is 0 Å². The van der Waals surface area contributed by atoms with E-state index in [1.54, 1.807) is 12.4 Å². The SMILES string of the molecule is NC(=O)CC(c1ccccc1)c1ccnnc1. The van der Waals surface area contributed by atoms with Gasteiger partial charge in [-0.2, -0.15) is 10.2 Å². The van der Waals surface area contributed by atoms with Crippen LogP contribution in [0.1, 0.15) is 23.5 Å². The molecule has 1 heterocycles. The summed E-state index contributed by atoms with van der Waals surface area (Å²) >= 11 is 0. The maximum absolute atomic E-state index is 11.1. The molecule has 0 fully saturated rings. The van der Waals surface area contributed by atoms with Crippen LogP contribution in [0, 0.1) is 0 Å². The van der Waals surface area contributed by atoms with Crippen molar-refractivity contribution in [2.24, 2.45) is 5.73 Å². The Balaban J connectivity index is 2.36. The molecule has 2 N–H and O–H groups in total. The van der Waals surface area contributed by atoms with Crippen molar-refractivity contribution >= 4 is 5.91 Å². The molecule has 0 aliphatic rings. The zero-order valence-electron chi connectivity index (χ0n) is 9.28. The molecule has 4 heteroatoms. The standard InChI is InChI=1S/C13H13N3O/c14-13(17)8-12(10-4-2-1-3-5-10)11-6-7-15-16-9-11/h1-7,9,12H,8H2,(H2,14,17). The Morgan fingerprint density at radius 3 is 2.47 bits per heavy atom. The largest absolute Gasteiger partial charge is 0.370 e. The summed E-state index contributed by atoms with van der Waals surface area (Å²) in [6, 6.07) is 11.6. The van der Waals surface area contributed by atoms with Crippen LogP contribution in [0.3, 0.4) is 0 Å². The molecule has 0 saturated heterocycles. The second-order valence-electron chi connectivity index (χ2n) is 3.81. The van der Waals surface area contributed by atoms with E-state index >= 15 is 0 Å². The van der Waals surface area contributed by atoms with E-state index in [4.69, 9.17) is 5.73 Å². The summed E-state index contributed by atoms with van der Waals surface area (Å²) < 4.78 is 0. The maximum Gasteiger partial charge on any atom is 0.218 e. The minimum Gasteiger partial charge on any atom is -0.370 e. The van der Waals surface area contributed by atoms with Crippen LogP contribution in [0.15, 0.2) is 48.8 Å². The molecule has 1 atom stereocenters. The van der Waals surface area contributed by atoms with Gasteiger partial charge in [-0.1, -0.05) is 30.3 Å². The number of nitrogens with two attached hydrogens (primary N) is 1. The number of rotatable bonds is 4. The summed E-state index contributed by atoms with van der Waals surface area (Å²) in [4.78, 5) is 11.1. The number of primary amides is 1. The van der Waals surface area contributed by atoms with Crippen LogP contribution in [0.5, 0.6) is 0 Å². The quantitative estimate of drug-likeness (QED) is 0.860. The Hall–Kier alpha value is -2.23. The first-order chi connectivity index (χ1) is 8.27. The van der Waals surface area contributed by atoms with Crippen molar-refractivity contribution in [3.63, 3.8) is 0 Å². The summed E-state index contributed by atoms with van der Waals surface area (Å²) in [5.41, 5.74) is 7.30. The highest BCUT2D eigenvalue weighted by molar-refractivity contribution is 5.75. The van der Waals surface area contributed by atoms with Crippen LogP contribution in [0.25, 0.3) is 0 Å². The molecule has 1 aromatic heterocycles. The van der Waals surface area contributed by atoms with Crippen LogP contribution >= 0.6 is 0 Å². The lowest BCUT2D eigenvalue weighted by Gasteiger charge is -2.15. The first kappa shape index (κ1) is 11.3. The highest BCUT2D eigenvalue weighted by Crippen LogP contribution is 2.26. The van der Waals surface area contributed by atoms with E-state index in [1.807, 2.05) is 36.4 Å². The van der Waals surface area contributed by atoms with E-state index in [-0.39, 0.29) is 18.2 Å². The van der Waals surface area contributed by atoms with Gasteiger partial charge in [-0.05, 0) is 17.2 Å². The topological polar surface area (TPSA) is 68.9 Å². The van der Waals surface area contributed by atoms with Crippen LogP contribution in [0.4, 0.5) is 0 Å². The lowest BCUT2D eigenvalue weighted by molar-refractivity contribution is -0.118. The summed E-state index contributed by atoms with van der Waals surface area (Å²) in [7, 11) is 0. The molecule has 4 nitrogen and oxygen atoms in total. The lowest BCUT2D eigenvalue weighted by atomic mass is 9.90. The number of hydrogen-bond donors (Lipinski definition) is 1. The highest BCUT2D eigenvalue weighted by atomic mass is 16.1. The van der Waals surface area contributed by atoms with Gasteiger partial charge in [0.25, 0.3) is 0 Å². The average Bonchev–Trinajstić information content (AvgIpc) is 2.38. The van der Waals surface area contributed by atoms with Gasteiger partial charge in [-0.25, -0.2) is 0 Å². The molecule has 0 aliphatic carbocycles. The normalized spacial score (nSPS) is 12.0. The van der Waals surface area contributed by atoms with E-state index in [2.05, 4.69) is 10.2 Å². The predicted octanol–water partition coefficient (Wildman–Crippen LogP) is 1.48. The van der Waals surface area contributed by atoms with E-state index in [9.17, 15) is 4.79 Å². The molecular weight excluding hydrogens is 214 g/mol. The summed E-state index contributed by atoms with van der Waals surface area (Å²) in [5, 5.41) is 7.57. The minimum absolute atomic E-state index is 0.0517. The number of hydrogen-bond acceptors (Lipinski definition) is 3. The van der Waals surface area contributed by atoms with Crippen molar-refractivity contribution in [3.8, 4) is 0 Å². The molecule has 0 aliphatic heterocycles. The number of amides is 1. The first-order valence-corrected chi connectivity index (χ1v) is 5.37. The van der Waals surface area contributed by atoms with Gasteiger partial charge in [0.15, 0.2) is 0 Å². The van der Waals surface area contributed by atoms with Gasteiger partial charge in [-0.15, -0.1) is 0 Å². The molecule has 2 aromatic rings. The molecule has 17 heavy (non-hydrogen) atoms. The van der Waals surface area contributed by atoms with Gasteiger partial charge in [0, 0.05) is 18.5 Å². The summed E-state index contributed by atoms with van der Waals surface area (Å²) in [6.07, 6.45) is 3.56. The molecule has 0 radical (unpaired) electrons. The zero-order valence-corrected chi connectivity index (χ0v) is 9.28. The number of carbonyl (C=O) groups excluding carboxylic acids is 1. The fourth-order valence-electron chi connectivity index (χ4n) is 1.82. The van der Waals surface area contributed by atoms with Gasteiger partial charge in [0.2, 0.25) is 5.91 Å². The van der Waals surface area contributed by atoms with Crippen molar-refractivity contribution in [3.05, 3.63) is 59.9 Å². The Morgan fingerprint density at radius 2 is 1.88 bits per heavy atom. The Morgan fingerprint density at radius 1 is 1.12 bits per heavy atom. The van der Waals surface area contributed by atoms with Crippen LogP contribution in [0.2, 0.25) is 0 Å². The number of nitrogens with zero attached hydrogens (tertiary/aromatic N) is 2. The maximum atomic E-state index is 11.1. The van der Waals surface area contributed by atoms with Crippen molar-refractivity contribution in [1.82, 2.24) is 10.2 Å². The van der Waals surface area contributed by atoms with Crippen molar-refractivity contribution in [2.45, 2.75) is 12.3 Å². The first-order valence-electron chi connectivity index (χ1n) is 5.37. The third kappa shape index (κ3) is 2.87. The fraction of sp³-hybridized carbons (Fsp3) is 0.154. The minimum atomic E-state index is -0.323. The van der Waals surface area contributed by atoms with Gasteiger partial charge in [0.05, 0.1) is 6.20 Å².